The van der Waals surface area contributed by atoms with E-state index in [1.54, 1.807) is 23.0 Å². The van der Waals surface area contributed by atoms with Crippen LogP contribution in [0.1, 0.15) is 0 Å². The molecule has 0 spiro atoms. The Kier molecular flexibility index (Phi) is 5.27. The third-order valence-electron chi connectivity index (χ3n) is 0.347. The van der Waals surface area contributed by atoms with E-state index in [0.717, 1.165) is 6.08 Å². The van der Waals surface area contributed by atoms with Crippen LogP contribution in [-0.2, 0) is 4.79 Å². The molecule has 0 atom stereocenters. The van der Waals surface area contributed by atoms with E-state index in [9.17, 15) is 0 Å². The lowest BCUT2D eigenvalue weighted by Crippen LogP contribution is -1.38. The minimum Gasteiger partial charge on any atom is -0.253 e. The lowest BCUT2D eigenvalue weighted by molar-refractivity contribution is 0.563. The first kappa shape index (κ1) is 7.01. The topological polar surface area (TPSA) is 53.8 Å². The van der Waals surface area contributed by atoms with Gasteiger partial charge in [-0.15, -0.1) is 11.3 Å². The van der Waals surface area contributed by atoms with Crippen LogP contribution in [0.15, 0.2) is 17.1 Å². The van der Waals surface area contributed by atoms with Gasteiger partial charge < -0.3 is 0 Å². The van der Waals surface area contributed by atoms with Gasteiger partial charge in [0.25, 0.3) is 0 Å². The minimum absolute atomic E-state index is 0.750. The number of aromatic nitrogens is 1. The average molecular weight is 128 g/mol. The van der Waals surface area contributed by atoms with E-state index in [4.69, 9.17) is 10.2 Å². The van der Waals surface area contributed by atoms with Crippen molar-refractivity contribution in [2.75, 3.05) is 0 Å². The largest absolute Gasteiger partial charge is 0.253 e. The highest BCUT2D eigenvalue weighted by atomic mass is 32.1. The molecule has 0 amide bonds. The molecule has 0 radical (unpaired) electrons. The molecule has 0 saturated heterocycles. The second-order valence-corrected chi connectivity index (χ2v) is 1.53. The van der Waals surface area contributed by atoms with Crippen LogP contribution in [0, 0.1) is 5.41 Å². The van der Waals surface area contributed by atoms with Crippen LogP contribution in [-0.4, -0.2) is 11.1 Å². The summed E-state index contributed by atoms with van der Waals surface area (Å²) in [5.41, 5.74) is 1.79. The average Bonchev–Trinajstić information content (AvgIpc) is 2.17. The van der Waals surface area contributed by atoms with Crippen LogP contribution >= 0.6 is 11.3 Å². The Labute approximate surface area is 50.5 Å². The van der Waals surface area contributed by atoms with Gasteiger partial charge in [0, 0.05) is 11.6 Å². The first-order valence-electron chi connectivity index (χ1n) is 1.78. The molecule has 0 unspecified atom stereocenters. The molecule has 42 valence electrons. The third-order valence-corrected chi connectivity index (χ3v) is 0.869. The van der Waals surface area contributed by atoms with E-state index in [0.29, 0.717) is 0 Å². The van der Waals surface area contributed by atoms with Crippen molar-refractivity contribution in [3.05, 3.63) is 17.1 Å². The first-order chi connectivity index (χ1) is 3.91. The Bertz CT molecular complexity index is 126. The fourth-order valence-corrected chi connectivity index (χ4v) is 0.527. The summed E-state index contributed by atoms with van der Waals surface area (Å²) < 4.78 is 0. The summed E-state index contributed by atoms with van der Waals surface area (Å²) in [5, 5.41) is 7.33. The number of thiazole rings is 1. The normalized spacial score (nSPS) is 6.00. The fourth-order valence-electron chi connectivity index (χ4n) is 0.176. The number of hydrogen-bond donors (Lipinski definition) is 1. The molecule has 0 aliphatic heterocycles. The fraction of sp³-hybridized carbons (Fsp3) is 0. The predicted molar refractivity (Wildman–Crippen MR) is 30.5 cm³/mol. The van der Waals surface area contributed by atoms with Gasteiger partial charge in [0.05, 0.1) is 5.51 Å². The predicted octanol–water partition coefficient (Wildman–Crippen LogP) is 1.04. The Hall–Kier alpha value is -0.990. The van der Waals surface area contributed by atoms with Crippen LogP contribution in [0.2, 0.25) is 0 Å². The van der Waals surface area contributed by atoms with Crippen LogP contribution in [0.3, 0.4) is 0 Å². The van der Waals surface area contributed by atoms with E-state index >= 15 is 0 Å². The SMILES string of the molecule is N=C=O.c1cscn1. The summed E-state index contributed by atoms with van der Waals surface area (Å²) in [5.74, 6) is 0. The van der Waals surface area contributed by atoms with Crippen LogP contribution in [0.4, 0.5) is 0 Å². The molecule has 0 bridgehead atoms. The van der Waals surface area contributed by atoms with Gasteiger partial charge in [-0.1, -0.05) is 0 Å². The van der Waals surface area contributed by atoms with E-state index < -0.39 is 0 Å². The summed E-state index contributed by atoms with van der Waals surface area (Å²) in [6.07, 6.45) is 2.52. The molecule has 0 fully saturated rings. The van der Waals surface area contributed by atoms with E-state index in [1.807, 2.05) is 5.38 Å². The number of isocyanates is 1. The van der Waals surface area contributed by atoms with Gasteiger partial charge in [0.15, 0.2) is 0 Å². The van der Waals surface area contributed by atoms with E-state index in [1.165, 1.54) is 0 Å². The molecule has 0 aliphatic rings. The zero-order valence-electron chi connectivity index (χ0n) is 4.00. The maximum Gasteiger partial charge on any atom is 0.231 e. The molecule has 1 aromatic heterocycles. The quantitative estimate of drug-likeness (QED) is 0.419. The molecule has 4 heteroatoms. The molecular weight excluding hydrogens is 124 g/mol. The maximum absolute atomic E-state index is 8.35. The smallest absolute Gasteiger partial charge is 0.231 e. The van der Waals surface area contributed by atoms with Crippen molar-refractivity contribution in [3.63, 3.8) is 0 Å². The van der Waals surface area contributed by atoms with Crippen molar-refractivity contribution >= 4 is 17.4 Å². The van der Waals surface area contributed by atoms with Gasteiger partial charge in [-0.2, -0.15) is 0 Å². The Morgan fingerprint density at radius 2 is 2.38 bits per heavy atom. The van der Waals surface area contributed by atoms with Crippen LogP contribution < -0.4 is 0 Å². The number of nitrogens with one attached hydrogen (secondary N) is 1. The van der Waals surface area contributed by atoms with Gasteiger partial charge in [-0.25, -0.2) is 10.2 Å². The zero-order valence-corrected chi connectivity index (χ0v) is 4.81. The molecule has 8 heavy (non-hydrogen) atoms. The standard InChI is InChI=1S/C3H3NS.CHNO/c1-2-5-3-4-1;2-1-3/h1-3H;2H. The highest BCUT2D eigenvalue weighted by Crippen LogP contribution is 1.85. The lowest BCUT2D eigenvalue weighted by atomic mass is 11.0. The molecular formula is C4H4N2OS. The third kappa shape index (κ3) is 5.01. The summed E-state index contributed by atoms with van der Waals surface area (Å²) in [6, 6.07) is 0. The molecule has 1 rings (SSSR count). The minimum atomic E-state index is 0.750. The van der Waals surface area contributed by atoms with Crippen molar-refractivity contribution in [2.24, 2.45) is 0 Å². The van der Waals surface area contributed by atoms with E-state index in [2.05, 4.69) is 4.98 Å². The molecule has 0 aliphatic carbocycles. The second-order valence-electron chi connectivity index (χ2n) is 0.778. The van der Waals surface area contributed by atoms with Crippen molar-refractivity contribution in [3.8, 4) is 0 Å². The Balaban J connectivity index is 0.000000145. The highest BCUT2D eigenvalue weighted by Gasteiger charge is 1.59. The summed E-state index contributed by atoms with van der Waals surface area (Å²) in [6.45, 7) is 0. The monoisotopic (exact) mass is 128 g/mol. The van der Waals surface area contributed by atoms with E-state index in [-0.39, 0.29) is 0 Å². The van der Waals surface area contributed by atoms with Crippen molar-refractivity contribution in [2.45, 2.75) is 0 Å². The highest BCUT2D eigenvalue weighted by molar-refractivity contribution is 7.07. The molecule has 1 aromatic rings. The Morgan fingerprint density at radius 1 is 1.75 bits per heavy atom. The molecule has 0 aromatic carbocycles. The summed E-state index contributed by atoms with van der Waals surface area (Å²) in [7, 11) is 0. The van der Waals surface area contributed by atoms with Gasteiger partial charge in [0.1, 0.15) is 0 Å². The maximum atomic E-state index is 8.35. The van der Waals surface area contributed by atoms with Crippen LogP contribution in [0.25, 0.3) is 0 Å². The van der Waals surface area contributed by atoms with Gasteiger partial charge in [0.2, 0.25) is 6.08 Å². The summed E-state index contributed by atoms with van der Waals surface area (Å²) in [4.78, 5) is 12.1. The van der Waals surface area contributed by atoms with Gasteiger partial charge in [-0.05, 0) is 0 Å². The number of carbonyl (C=O) groups excluding carboxylic acids is 1. The molecule has 1 heterocycles. The molecule has 1 N–H and O–H groups in total. The summed E-state index contributed by atoms with van der Waals surface area (Å²) >= 11 is 1.60. The first-order valence-corrected chi connectivity index (χ1v) is 2.72. The lowest BCUT2D eigenvalue weighted by Gasteiger charge is -1.41. The Morgan fingerprint density at radius 3 is 2.50 bits per heavy atom. The molecule has 0 saturated carbocycles. The van der Waals surface area contributed by atoms with Crippen molar-refractivity contribution in [1.29, 1.82) is 5.41 Å². The van der Waals surface area contributed by atoms with Crippen LogP contribution in [0.5, 0.6) is 0 Å². The number of nitrogens with zero attached hydrogens (tertiary/aromatic N) is 1. The number of rotatable bonds is 0. The second kappa shape index (κ2) is 6.01. The zero-order chi connectivity index (χ0) is 6.24. The number of hydrogen-bond acceptors (Lipinski definition) is 4. The van der Waals surface area contributed by atoms with Gasteiger partial charge >= 0.3 is 0 Å². The van der Waals surface area contributed by atoms with Gasteiger partial charge in [-0.3, -0.25) is 4.98 Å². The van der Waals surface area contributed by atoms with Crippen molar-refractivity contribution in [1.82, 2.24) is 4.98 Å². The van der Waals surface area contributed by atoms with Crippen molar-refractivity contribution < 1.29 is 4.79 Å². The molecule has 3 nitrogen and oxygen atoms in total.